The van der Waals surface area contributed by atoms with E-state index in [9.17, 15) is 4.39 Å². The molecular weight excluding hydrogens is 283 g/mol. The van der Waals surface area contributed by atoms with E-state index < -0.39 is 0 Å². The van der Waals surface area contributed by atoms with Gasteiger partial charge in [0.25, 0.3) is 0 Å². The van der Waals surface area contributed by atoms with Gasteiger partial charge in [0, 0.05) is 12.1 Å². The number of fused-ring (bicyclic) bond motifs is 1. The van der Waals surface area contributed by atoms with E-state index in [-0.39, 0.29) is 5.82 Å². The van der Waals surface area contributed by atoms with E-state index in [1.165, 1.54) is 17.6 Å². The summed E-state index contributed by atoms with van der Waals surface area (Å²) in [5.41, 5.74) is 2.41. The molecule has 1 aliphatic rings. The molecule has 2 heterocycles. The topological polar surface area (TPSA) is 17.8 Å². The van der Waals surface area contributed by atoms with Crippen LogP contribution in [0.4, 0.5) is 4.39 Å². The number of imidazole rings is 1. The van der Waals surface area contributed by atoms with Crippen LogP contribution in [-0.2, 0) is 5.88 Å². The number of alkyl halides is 1. The van der Waals surface area contributed by atoms with Gasteiger partial charge in [0.05, 0.1) is 16.9 Å². The predicted octanol–water partition coefficient (Wildman–Crippen LogP) is 4.29. The fourth-order valence-electron chi connectivity index (χ4n) is 2.72. The molecular formula is C14H16ClFN2S. The normalized spacial score (nSPS) is 17.2. The number of hydrogen-bond donors (Lipinski definition) is 0. The van der Waals surface area contributed by atoms with Crippen LogP contribution in [0.3, 0.4) is 0 Å². The van der Waals surface area contributed by atoms with Gasteiger partial charge in [-0.1, -0.05) is 0 Å². The molecule has 1 saturated heterocycles. The molecule has 3 rings (SSSR count). The van der Waals surface area contributed by atoms with Crippen LogP contribution in [-0.4, -0.2) is 21.1 Å². The Bertz CT molecular complexity index is 605. The minimum Gasteiger partial charge on any atom is -0.324 e. The maximum absolute atomic E-state index is 13.7. The summed E-state index contributed by atoms with van der Waals surface area (Å²) in [7, 11) is 0. The highest BCUT2D eigenvalue weighted by atomic mass is 35.5. The third-order valence-corrected chi connectivity index (χ3v) is 5.01. The predicted molar refractivity (Wildman–Crippen MR) is 79.6 cm³/mol. The summed E-state index contributed by atoms with van der Waals surface area (Å²) in [6.45, 7) is 1.79. The summed E-state index contributed by atoms with van der Waals surface area (Å²) in [6, 6.07) is 3.87. The first-order valence-corrected chi connectivity index (χ1v) is 8.20. The number of aryl methyl sites for hydroxylation is 1. The Labute approximate surface area is 121 Å². The van der Waals surface area contributed by atoms with Crippen molar-refractivity contribution in [1.29, 1.82) is 0 Å². The monoisotopic (exact) mass is 298 g/mol. The molecule has 1 aliphatic heterocycles. The second-order valence-corrected chi connectivity index (χ2v) is 6.46. The van der Waals surface area contributed by atoms with Gasteiger partial charge in [-0.2, -0.15) is 11.8 Å². The van der Waals surface area contributed by atoms with Crippen molar-refractivity contribution in [2.24, 2.45) is 0 Å². The smallest absolute Gasteiger partial charge is 0.128 e. The SMILES string of the molecule is Cc1cc2c(cc1F)nc(CCl)n2C1CCSCC1. The van der Waals surface area contributed by atoms with Crippen LogP contribution in [0, 0.1) is 12.7 Å². The van der Waals surface area contributed by atoms with Crippen LogP contribution in [0.2, 0.25) is 0 Å². The van der Waals surface area contributed by atoms with Gasteiger partial charge in [0.1, 0.15) is 11.6 Å². The Morgan fingerprint density at radius 3 is 2.84 bits per heavy atom. The van der Waals surface area contributed by atoms with E-state index in [0.29, 0.717) is 17.5 Å². The number of thioether (sulfide) groups is 1. The van der Waals surface area contributed by atoms with Crippen molar-refractivity contribution >= 4 is 34.4 Å². The molecule has 0 saturated carbocycles. The summed E-state index contributed by atoms with van der Waals surface area (Å²) in [4.78, 5) is 4.49. The lowest BCUT2D eigenvalue weighted by atomic mass is 10.1. The number of aromatic nitrogens is 2. The molecule has 0 N–H and O–H groups in total. The Kier molecular flexibility index (Phi) is 3.72. The van der Waals surface area contributed by atoms with E-state index in [1.54, 1.807) is 6.92 Å². The van der Waals surface area contributed by atoms with Gasteiger partial charge < -0.3 is 4.57 Å². The second kappa shape index (κ2) is 5.33. The van der Waals surface area contributed by atoms with Crippen molar-refractivity contribution in [3.63, 3.8) is 0 Å². The summed E-state index contributed by atoms with van der Waals surface area (Å²) in [5.74, 6) is 3.38. The lowest BCUT2D eigenvalue weighted by Gasteiger charge is -2.25. The summed E-state index contributed by atoms with van der Waals surface area (Å²) in [6.07, 6.45) is 2.27. The number of hydrogen-bond acceptors (Lipinski definition) is 2. The third kappa shape index (κ3) is 2.36. The first-order valence-electron chi connectivity index (χ1n) is 6.51. The molecule has 0 aliphatic carbocycles. The molecule has 0 amide bonds. The van der Waals surface area contributed by atoms with E-state index in [0.717, 1.165) is 29.7 Å². The number of halogens is 2. The van der Waals surface area contributed by atoms with Crippen molar-refractivity contribution in [3.8, 4) is 0 Å². The molecule has 0 spiro atoms. The Balaban J connectivity index is 2.16. The zero-order chi connectivity index (χ0) is 13.4. The number of rotatable bonds is 2. The molecule has 2 aromatic rings. The van der Waals surface area contributed by atoms with Gasteiger partial charge in [-0.3, -0.25) is 0 Å². The first kappa shape index (κ1) is 13.3. The molecule has 102 valence electrons. The zero-order valence-electron chi connectivity index (χ0n) is 10.8. The average Bonchev–Trinajstić information content (AvgIpc) is 2.78. The fraction of sp³-hybridized carbons (Fsp3) is 0.500. The molecule has 1 fully saturated rings. The van der Waals surface area contributed by atoms with Gasteiger partial charge in [-0.15, -0.1) is 11.6 Å². The maximum atomic E-state index is 13.7. The molecule has 1 aromatic heterocycles. The Hall–Kier alpha value is -0.740. The van der Waals surface area contributed by atoms with Gasteiger partial charge in [0.15, 0.2) is 0 Å². The molecule has 2 nitrogen and oxygen atoms in total. The Morgan fingerprint density at radius 2 is 2.16 bits per heavy atom. The largest absolute Gasteiger partial charge is 0.324 e. The summed E-state index contributed by atoms with van der Waals surface area (Å²) in [5, 5.41) is 0. The minimum atomic E-state index is -0.197. The molecule has 5 heteroatoms. The highest BCUT2D eigenvalue weighted by molar-refractivity contribution is 7.99. The van der Waals surface area contributed by atoms with Crippen LogP contribution < -0.4 is 0 Å². The van der Waals surface area contributed by atoms with Gasteiger partial charge in [0.2, 0.25) is 0 Å². The molecule has 1 aromatic carbocycles. The quantitative estimate of drug-likeness (QED) is 0.770. The molecule has 0 bridgehead atoms. The number of benzene rings is 1. The van der Waals surface area contributed by atoms with E-state index in [1.807, 2.05) is 17.8 Å². The molecule has 0 unspecified atom stereocenters. The van der Waals surface area contributed by atoms with E-state index >= 15 is 0 Å². The van der Waals surface area contributed by atoms with Crippen molar-refractivity contribution in [2.45, 2.75) is 31.7 Å². The van der Waals surface area contributed by atoms with Crippen LogP contribution >= 0.6 is 23.4 Å². The molecule has 19 heavy (non-hydrogen) atoms. The van der Waals surface area contributed by atoms with Gasteiger partial charge >= 0.3 is 0 Å². The van der Waals surface area contributed by atoms with Crippen molar-refractivity contribution in [1.82, 2.24) is 9.55 Å². The maximum Gasteiger partial charge on any atom is 0.128 e. The first-order chi connectivity index (χ1) is 9.20. The second-order valence-electron chi connectivity index (χ2n) is 4.97. The molecule has 0 atom stereocenters. The Morgan fingerprint density at radius 1 is 1.42 bits per heavy atom. The highest BCUT2D eigenvalue weighted by Gasteiger charge is 2.21. The number of nitrogens with zero attached hydrogens (tertiary/aromatic N) is 2. The van der Waals surface area contributed by atoms with E-state index in [4.69, 9.17) is 11.6 Å². The minimum absolute atomic E-state index is 0.197. The summed E-state index contributed by atoms with van der Waals surface area (Å²) < 4.78 is 15.9. The van der Waals surface area contributed by atoms with Crippen LogP contribution in [0.1, 0.15) is 30.3 Å². The van der Waals surface area contributed by atoms with Crippen LogP contribution in [0.15, 0.2) is 12.1 Å². The van der Waals surface area contributed by atoms with Gasteiger partial charge in [-0.05, 0) is 42.9 Å². The van der Waals surface area contributed by atoms with Crippen molar-refractivity contribution in [3.05, 3.63) is 29.3 Å². The third-order valence-electron chi connectivity index (χ3n) is 3.72. The lowest BCUT2D eigenvalue weighted by molar-refractivity contribution is 0.470. The average molecular weight is 299 g/mol. The van der Waals surface area contributed by atoms with Crippen molar-refractivity contribution < 1.29 is 4.39 Å². The zero-order valence-corrected chi connectivity index (χ0v) is 12.4. The molecule has 0 radical (unpaired) electrons. The van der Waals surface area contributed by atoms with Crippen LogP contribution in [0.25, 0.3) is 11.0 Å². The lowest BCUT2D eigenvalue weighted by Crippen LogP contribution is -2.17. The standard InChI is InChI=1S/C14H16ClFN2S/c1-9-6-13-12(7-11(9)16)17-14(8-15)18(13)10-2-4-19-5-3-10/h6-7,10H,2-5,8H2,1H3. The van der Waals surface area contributed by atoms with Crippen LogP contribution in [0.5, 0.6) is 0 Å². The van der Waals surface area contributed by atoms with Gasteiger partial charge in [-0.25, -0.2) is 9.37 Å². The van der Waals surface area contributed by atoms with E-state index in [2.05, 4.69) is 9.55 Å². The van der Waals surface area contributed by atoms with Crippen molar-refractivity contribution in [2.75, 3.05) is 11.5 Å². The highest BCUT2D eigenvalue weighted by Crippen LogP contribution is 2.32. The fourth-order valence-corrected chi connectivity index (χ4v) is 3.99. The summed E-state index contributed by atoms with van der Waals surface area (Å²) >= 11 is 8.01.